The number of thioether (sulfide) groups is 1. The second kappa shape index (κ2) is 12.0. The van der Waals surface area contributed by atoms with Gasteiger partial charge in [-0.25, -0.2) is 4.99 Å². The van der Waals surface area contributed by atoms with Crippen LogP contribution in [0.5, 0.6) is 11.5 Å². The average Bonchev–Trinajstić information content (AvgIpc) is 3.24. The van der Waals surface area contributed by atoms with E-state index in [9.17, 15) is 4.79 Å². The highest BCUT2D eigenvalue weighted by Crippen LogP contribution is 2.38. The van der Waals surface area contributed by atoms with Crippen molar-refractivity contribution in [2.45, 2.75) is 13.5 Å². The summed E-state index contributed by atoms with van der Waals surface area (Å²) in [6.07, 6.45) is 1.81. The van der Waals surface area contributed by atoms with Crippen LogP contribution in [0.25, 0.3) is 16.8 Å². The first-order valence-electron chi connectivity index (χ1n) is 11.7. The summed E-state index contributed by atoms with van der Waals surface area (Å²) in [5, 5.41) is 6.50. The maximum absolute atomic E-state index is 12.7. The number of aliphatic imine (C=N–C) groups is 1. The third-order valence-corrected chi connectivity index (χ3v) is 7.93. The Bertz CT molecular complexity index is 1600. The number of halogens is 3. The standard InChI is InChI=1S/C29H21Cl2IN2O3S/c1-2-36-25-13-17(14-26-28(35)34-29(38-26)33-24-15-20(30)10-11-22(24)31)12-23(32)27(25)37-16-19-8-5-7-18-6-3-4-9-21(18)19/h3-15H,2,16H2,1H3,(H,33,34,35)/b26-14+. The molecule has 0 aromatic heterocycles. The number of carbonyl (C=O) groups is 1. The maximum Gasteiger partial charge on any atom is 0.264 e. The summed E-state index contributed by atoms with van der Waals surface area (Å²) in [6.45, 7) is 2.81. The normalized spacial score (nSPS) is 15.3. The summed E-state index contributed by atoms with van der Waals surface area (Å²) < 4.78 is 13.1. The van der Waals surface area contributed by atoms with Crippen LogP contribution in [0.15, 0.2) is 82.7 Å². The number of carbonyl (C=O) groups excluding carboxylic acids is 1. The fraction of sp³-hybridized carbons (Fsp3) is 0.103. The van der Waals surface area contributed by atoms with Crippen LogP contribution in [0.1, 0.15) is 18.1 Å². The van der Waals surface area contributed by atoms with Gasteiger partial charge in [-0.1, -0.05) is 65.7 Å². The molecule has 1 fully saturated rings. The second-order valence-corrected chi connectivity index (χ2v) is 11.3. The van der Waals surface area contributed by atoms with Crippen LogP contribution in [0.3, 0.4) is 0 Å². The van der Waals surface area contributed by atoms with Gasteiger partial charge in [0.1, 0.15) is 6.61 Å². The van der Waals surface area contributed by atoms with Crippen molar-refractivity contribution < 1.29 is 14.3 Å². The number of hydrogen-bond acceptors (Lipinski definition) is 5. The molecular formula is C29H21Cl2IN2O3S. The monoisotopic (exact) mass is 674 g/mol. The predicted octanol–water partition coefficient (Wildman–Crippen LogP) is 8.62. The van der Waals surface area contributed by atoms with E-state index in [0.717, 1.165) is 20.1 Å². The number of ether oxygens (including phenoxy) is 2. The zero-order chi connectivity index (χ0) is 26.6. The lowest BCUT2D eigenvalue weighted by Gasteiger charge is -2.16. The summed E-state index contributed by atoms with van der Waals surface area (Å²) in [4.78, 5) is 17.6. The SMILES string of the molecule is CCOc1cc(/C=C2/SC(=Nc3cc(Cl)ccc3Cl)NC2=O)cc(I)c1OCc1cccc2ccccc12. The first kappa shape index (κ1) is 26.9. The Kier molecular flexibility index (Phi) is 8.48. The average molecular weight is 675 g/mol. The topological polar surface area (TPSA) is 59.9 Å². The van der Waals surface area contributed by atoms with Gasteiger partial charge in [-0.15, -0.1) is 0 Å². The van der Waals surface area contributed by atoms with Crippen LogP contribution in [0.4, 0.5) is 5.69 Å². The molecule has 0 unspecified atom stereocenters. The van der Waals surface area contributed by atoms with E-state index in [0.29, 0.717) is 50.5 Å². The van der Waals surface area contributed by atoms with E-state index in [1.54, 1.807) is 24.3 Å². The minimum absolute atomic E-state index is 0.240. The fourth-order valence-electron chi connectivity index (χ4n) is 3.96. The van der Waals surface area contributed by atoms with Crippen molar-refractivity contribution in [3.8, 4) is 11.5 Å². The van der Waals surface area contributed by atoms with Crippen LogP contribution in [0.2, 0.25) is 10.0 Å². The largest absolute Gasteiger partial charge is 0.490 e. The molecule has 0 saturated carbocycles. The molecule has 1 saturated heterocycles. The zero-order valence-electron chi connectivity index (χ0n) is 20.1. The van der Waals surface area contributed by atoms with Crippen molar-refractivity contribution in [2.75, 3.05) is 6.61 Å². The van der Waals surface area contributed by atoms with Gasteiger partial charge in [0.25, 0.3) is 5.91 Å². The van der Waals surface area contributed by atoms with Crippen molar-refractivity contribution in [1.29, 1.82) is 0 Å². The molecule has 1 aliphatic heterocycles. The molecular weight excluding hydrogens is 654 g/mol. The van der Waals surface area contributed by atoms with E-state index in [1.165, 1.54) is 17.1 Å². The molecule has 5 nitrogen and oxygen atoms in total. The van der Waals surface area contributed by atoms with E-state index in [-0.39, 0.29) is 5.91 Å². The van der Waals surface area contributed by atoms with Gasteiger partial charge in [0.15, 0.2) is 16.7 Å². The number of amides is 1. The van der Waals surface area contributed by atoms with Crippen LogP contribution < -0.4 is 14.8 Å². The van der Waals surface area contributed by atoms with Crippen molar-refractivity contribution in [3.05, 3.63) is 102 Å². The van der Waals surface area contributed by atoms with Crippen molar-refractivity contribution >= 4 is 91.2 Å². The minimum Gasteiger partial charge on any atom is -0.490 e. The van der Waals surface area contributed by atoms with Crippen LogP contribution >= 0.6 is 57.6 Å². The quantitative estimate of drug-likeness (QED) is 0.158. The first-order valence-corrected chi connectivity index (χ1v) is 14.4. The molecule has 192 valence electrons. The Morgan fingerprint density at radius 3 is 2.68 bits per heavy atom. The molecule has 1 heterocycles. The predicted molar refractivity (Wildman–Crippen MR) is 166 cm³/mol. The van der Waals surface area contributed by atoms with Crippen molar-refractivity contribution in [3.63, 3.8) is 0 Å². The highest BCUT2D eigenvalue weighted by molar-refractivity contribution is 14.1. The van der Waals surface area contributed by atoms with Gasteiger partial charge >= 0.3 is 0 Å². The van der Waals surface area contributed by atoms with Crippen molar-refractivity contribution in [2.24, 2.45) is 4.99 Å². The molecule has 4 aromatic carbocycles. The van der Waals surface area contributed by atoms with Crippen LogP contribution in [-0.4, -0.2) is 17.7 Å². The number of fused-ring (bicyclic) bond motifs is 1. The summed E-state index contributed by atoms with van der Waals surface area (Å²) in [7, 11) is 0. The van der Waals surface area contributed by atoms with E-state index in [1.807, 2.05) is 37.3 Å². The molecule has 4 aromatic rings. The Hall–Kier alpha value is -2.72. The van der Waals surface area contributed by atoms with Crippen LogP contribution in [0, 0.1) is 3.57 Å². The number of rotatable bonds is 7. The summed E-state index contributed by atoms with van der Waals surface area (Å²) >= 11 is 15.8. The lowest BCUT2D eigenvalue weighted by molar-refractivity contribution is -0.115. The van der Waals surface area contributed by atoms with Gasteiger partial charge in [-0.05, 0) is 99.6 Å². The lowest BCUT2D eigenvalue weighted by atomic mass is 10.1. The smallest absolute Gasteiger partial charge is 0.264 e. The fourth-order valence-corrected chi connectivity index (χ4v) is 5.90. The molecule has 0 aliphatic carbocycles. The van der Waals surface area contributed by atoms with Gasteiger partial charge in [0, 0.05) is 5.02 Å². The van der Waals surface area contributed by atoms with Gasteiger partial charge in [0.05, 0.1) is 25.8 Å². The van der Waals surface area contributed by atoms with E-state index in [4.69, 9.17) is 32.7 Å². The van der Waals surface area contributed by atoms with Gasteiger partial charge in [-0.3, -0.25) is 4.79 Å². The number of hydrogen-bond donors (Lipinski definition) is 1. The summed E-state index contributed by atoms with van der Waals surface area (Å²) in [5.74, 6) is 1.05. The molecule has 5 rings (SSSR count). The summed E-state index contributed by atoms with van der Waals surface area (Å²) in [6, 6.07) is 23.3. The summed E-state index contributed by atoms with van der Waals surface area (Å²) in [5.41, 5.74) is 2.40. The Morgan fingerprint density at radius 1 is 1.03 bits per heavy atom. The molecule has 0 radical (unpaired) electrons. The van der Waals surface area contributed by atoms with E-state index < -0.39 is 0 Å². The van der Waals surface area contributed by atoms with Gasteiger partial charge in [0.2, 0.25) is 0 Å². The molecule has 1 amide bonds. The van der Waals surface area contributed by atoms with Gasteiger partial charge < -0.3 is 14.8 Å². The van der Waals surface area contributed by atoms with E-state index >= 15 is 0 Å². The molecule has 1 N–H and O–H groups in total. The molecule has 38 heavy (non-hydrogen) atoms. The minimum atomic E-state index is -0.240. The third-order valence-electron chi connectivity index (χ3n) is 5.66. The molecule has 1 aliphatic rings. The first-order chi connectivity index (χ1) is 18.4. The van der Waals surface area contributed by atoms with Crippen molar-refractivity contribution in [1.82, 2.24) is 5.32 Å². The second-order valence-electron chi connectivity index (χ2n) is 8.27. The van der Waals surface area contributed by atoms with E-state index in [2.05, 4.69) is 57.2 Å². The highest BCUT2D eigenvalue weighted by atomic mass is 127. The van der Waals surface area contributed by atoms with Crippen LogP contribution in [-0.2, 0) is 11.4 Å². The third kappa shape index (κ3) is 6.12. The Labute approximate surface area is 248 Å². The molecule has 0 bridgehead atoms. The highest BCUT2D eigenvalue weighted by Gasteiger charge is 2.24. The molecule has 0 atom stereocenters. The molecule has 9 heteroatoms. The van der Waals surface area contributed by atoms with Gasteiger partial charge in [-0.2, -0.15) is 0 Å². The molecule has 0 spiro atoms. The maximum atomic E-state index is 12.7. The number of nitrogens with zero attached hydrogens (tertiary/aromatic N) is 1. The number of nitrogens with one attached hydrogen (secondary N) is 1. The Morgan fingerprint density at radius 2 is 1.84 bits per heavy atom. The Balaban J connectivity index is 1.39. The lowest BCUT2D eigenvalue weighted by Crippen LogP contribution is -2.19. The zero-order valence-corrected chi connectivity index (χ0v) is 24.6. The number of amidine groups is 1. The number of benzene rings is 4.